The second-order valence-electron chi connectivity index (χ2n) is 8.46. The predicted molar refractivity (Wildman–Crippen MR) is 131 cm³/mol. The molecule has 9 nitrogen and oxygen atoms in total. The minimum atomic E-state index is -4.05. The number of carboxylic acid groups (broad SMARTS) is 1. The van der Waals surface area contributed by atoms with Crippen LogP contribution < -0.4 is 154 Å². The third-order valence-electron chi connectivity index (χ3n) is 5.90. The summed E-state index contributed by atoms with van der Waals surface area (Å²) in [5.41, 5.74) is -0.163. The molecule has 1 atom stereocenters. The third-order valence-corrected chi connectivity index (χ3v) is 8.70. The summed E-state index contributed by atoms with van der Waals surface area (Å²) in [5.74, 6) is -1.91. The van der Waals surface area contributed by atoms with Gasteiger partial charge in [0.2, 0.25) is 0 Å². The number of unbranched alkanes of at least 4 members (excludes halogenated alkanes) is 2. The molecule has 14 heteroatoms. The van der Waals surface area contributed by atoms with Crippen molar-refractivity contribution in [2.75, 3.05) is 12.9 Å². The number of carbonyl (C=O) groups excluding carboxylic acids is 1. The van der Waals surface area contributed by atoms with E-state index in [9.17, 15) is 22.6 Å². The van der Waals surface area contributed by atoms with Gasteiger partial charge < -0.3 is 13.9 Å². The van der Waals surface area contributed by atoms with Crippen molar-refractivity contribution in [3.05, 3.63) is 46.8 Å². The van der Waals surface area contributed by atoms with Gasteiger partial charge in [-0.25, -0.2) is 14.2 Å². The Morgan fingerprint density at radius 2 is 1.73 bits per heavy atom. The third kappa shape index (κ3) is 16.4. The molecule has 37 heavy (non-hydrogen) atoms. The van der Waals surface area contributed by atoms with Gasteiger partial charge in [-0.05, 0) is 56.2 Å². The van der Waals surface area contributed by atoms with E-state index >= 15 is 0 Å². The number of rotatable bonds is 14. The van der Waals surface area contributed by atoms with Crippen molar-refractivity contribution in [1.29, 1.82) is 0 Å². The van der Waals surface area contributed by atoms with Crippen LogP contribution in [-0.2, 0) is 23.7 Å². The molecule has 1 aromatic carbocycles. The van der Waals surface area contributed by atoms with Gasteiger partial charge in [0.15, 0.2) is 0 Å². The fourth-order valence-electron chi connectivity index (χ4n) is 4.07. The molecule has 1 fully saturated rings. The van der Waals surface area contributed by atoms with E-state index in [1.165, 1.54) is 51.0 Å². The summed E-state index contributed by atoms with van der Waals surface area (Å²) in [4.78, 5) is 23.9. The minimum absolute atomic E-state index is 0. The Morgan fingerprint density at radius 1 is 1.11 bits per heavy atom. The first kappa shape index (κ1) is 42.0. The molecule has 196 valence electrons. The topological polar surface area (TPSA) is 144 Å². The van der Waals surface area contributed by atoms with Crippen LogP contribution in [-0.4, -0.2) is 42.9 Å². The summed E-state index contributed by atoms with van der Waals surface area (Å²) < 4.78 is 54.7. The van der Waals surface area contributed by atoms with Crippen molar-refractivity contribution in [1.82, 2.24) is 0 Å². The number of hydrogen-bond donors (Lipinski definition) is 2. The standard InChI is InChI=1S/C23H33O9PS.3K.3H/c1-31-33(27,32-23(26)20-13-8-12-19(17-20)22(24)25)21(14-3-2-6-16-34(28,29)30)15-7-11-18-9-4-5-10-18;;;;;;/h8,12-14,17-18H,2-7,9-11,15-16H2,1H3,(H,24,25)(H,28,29,30);;;;;;/q;3*+1;3*-1/b21-14+;;;;;;. The Hall–Kier alpha value is 2.91. The van der Waals surface area contributed by atoms with Crippen LogP contribution in [0.25, 0.3) is 0 Å². The van der Waals surface area contributed by atoms with Crippen LogP contribution >= 0.6 is 7.60 Å². The van der Waals surface area contributed by atoms with Gasteiger partial charge in [-0.2, -0.15) is 8.42 Å². The number of hydrogen-bond acceptors (Lipinski definition) is 7. The van der Waals surface area contributed by atoms with E-state index in [0.29, 0.717) is 30.5 Å². The maximum Gasteiger partial charge on any atom is 1.00 e. The molecule has 1 unspecified atom stereocenters. The molecule has 1 saturated carbocycles. The summed E-state index contributed by atoms with van der Waals surface area (Å²) in [6, 6.07) is 5.23. The fraction of sp³-hybridized carbons (Fsp3) is 0.565. The molecule has 2 rings (SSSR count). The summed E-state index contributed by atoms with van der Waals surface area (Å²) in [6.07, 6.45) is 9.53. The predicted octanol–water partition coefficient (Wildman–Crippen LogP) is -2.97. The van der Waals surface area contributed by atoms with Crippen LogP contribution in [0.5, 0.6) is 0 Å². The van der Waals surface area contributed by atoms with Gasteiger partial charge in [0.05, 0.1) is 16.9 Å². The monoisotopic (exact) mass is 636 g/mol. The largest absolute Gasteiger partial charge is 1.00 e. The molecule has 0 amide bonds. The van der Waals surface area contributed by atoms with Crippen LogP contribution in [0.4, 0.5) is 0 Å². The molecule has 0 radical (unpaired) electrons. The van der Waals surface area contributed by atoms with E-state index in [-0.39, 0.29) is 182 Å². The smallest absolute Gasteiger partial charge is 1.00 e. The average molecular weight is 637 g/mol. The van der Waals surface area contributed by atoms with E-state index in [2.05, 4.69) is 0 Å². The Kier molecular flexibility index (Phi) is 24.5. The van der Waals surface area contributed by atoms with E-state index in [0.717, 1.165) is 18.9 Å². The Bertz CT molecular complexity index is 1060. The maximum atomic E-state index is 13.5. The maximum absolute atomic E-state index is 13.5. The molecule has 2 N–H and O–H groups in total. The molecule has 1 aliphatic rings. The number of carbonyl (C=O) groups is 2. The normalized spacial score (nSPS) is 15.5. The van der Waals surface area contributed by atoms with Crippen molar-refractivity contribution in [3.8, 4) is 0 Å². The first-order valence-electron chi connectivity index (χ1n) is 11.4. The number of allylic oxidation sites excluding steroid dienone is 2. The second-order valence-corrected chi connectivity index (χ2v) is 12.2. The summed E-state index contributed by atoms with van der Waals surface area (Å²) in [6.45, 7) is 0. The van der Waals surface area contributed by atoms with Crippen molar-refractivity contribution in [2.24, 2.45) is 5.92 Å². The zero-order valence-electron chi connectivity index (χ0n) is 25.3. The minimum Gasteiger partial charge on any atom is -1.00 e. The Morgan fingerprint density at radius 3 is 2.30 bits per heavy atom. The van der Waals surface area contributed by atoms with Gasteiger partial charge in [0.25, 0.3) is 10.1 Å². The van der Waals surface area contributed by atoms with Crippen molar-refractivity contribution in [2.45, 2.75) is 64.2 Å². The van der Waals surface area contributed by atoms with Crippen LogP contribution in [0.2, 0.25) is 0 Å². The average Bonchev–Trinajstić information content (AvgIpc) is 3.30. The molecule has 0 spiro atoms. The van der Waals surface area contributed by atoms with E-state index in [1.807, 2.05) is 0 Å². The van der Waals surface area contributed by atoms with Crippen molar-refractivity contribution in [3.63, 3.8) is 0 Å². The van der Waals surface area contributed by atoms with E-state index in [4.69, 9.17) is 18.7 Å². The van der Waals surface area contributed by atoms with Gasteiger partial charge in [0.1, 0.15) is 0 Å². The second kappa shape index (κ2) is 21.6. The molecule has 0 aliphatic heterocycles. The first-order chi connectivity index (χ1) is 16.0. The van der Waals surface area contributed by atoms with Gasteiger partial charge in [0, 0.05) is 12.4 Å². The van der Waals surface area contributed by atoms with Crippen molar-refractivity contribution >= 4 is 29.7 Å². The number of carboxylic acids is 1. The molecule has 0 heterocycles. The number of aromatic carboxylic acids is 1. The van der Waals surface area contributed by atoms with Crippen LogP contribution in [0.15, 0.2) is 35.7 Å². The fourth-order valence-corrected chi connectivity index (χ4v) is 6.18. The molecule has 0 aromatic heterocycles. The molecular formula is C23H36K3O9PS. The molecule has 1 aromatic rings. The van der Waals surface area contributed by atoms with Crippen LogP contribution in [0, 0.1) is 5.92 Å². The Labute approximate surface area is 352 Å². The van der Waals surface area contributed by atoms with Gasteiger partial charge in [-0.3, -0.25) is 9.08 Å². The first-order valence-corrected chi connectivity index (χ1v) is 14.6. The van der Waals surface area contributed by atoms with Crippen LogP contribution in [0.3, 0.4) is 0 Å². The summed E-state index contributed by atoms with van der Waals surface area (Å²) >= 11 is 0. The van der Waals surface area contributed by atoms with E-state index < -0.39 is 29.7 Å². The molecule has 1 aliphatic carbocycles. The van der Waals surface area contributed by atoms with Crippen LogP contribution in [0.1, 0.15) is 89.2 Å². The number of benzene rings is 1. The van der Waals surface area contributed by atoms with Gasteiger partial charge >= 0.3 is 174 Å². The SMILES string of the molecule is COP(=O)(OC(=O)c1cccc(C(=O)O)c1)/C(=C/CCCCS(=O)(=O)O)CCCC1CCCC1.[H-].[H-].[H-].[K+].[K+].[K+]. The zero-order valence-corrected chi connectivity index (χ0v) is 33.4. The summed E-state index contributed by atoms with van der Waals surface area (Å²) in [5, 5.41) is 9.48. The van der Waals surface area contributed by atoms with Gasteiger partial charge in [-0.1, -0.05) is 44.2 Å². The van der Waals surface area contributed by atoms with Gasteiger partial charge in [-0.15, -0.1) is 0 Å². The molecule has 0 bridgehead atoms. The molecule has 0 saturated heterocycles. The Balaban J connectivity index is -0.000000681. The zero-order chi connectivity index (χ0) is 25.2. The van der Waals surface area contributed by atoms with E-state index in [1.54, 1.807) is 6.08 Å². The molecular weight excluding hydrogens is 601 g/mol. The quantitative estimate of drug-likeness (QED) is 0.0947. The van der Waals surface area contributed by atoms with Crippen molar-refractivity contribution < 1.29 is 200 Å². The summed E-state index contributed by atoms with van der Waals surface area (Å²) in [7, 11) is -6.88.